The van der Waals surface area contributed by atoms with Crippen LogP contribution in [0.15, 0.2) is 59.4 Å². The molecule has 0 radical (unpaired) electrons. The van der Waals surface area contributed by atoms with Gasteiger partial charge in [0.1, 0.15) is 0 Å². The topological polar surface area (TPSA) is 60.6 Å². The molecule has 0 aliphatic carbocycles. The molecule has 1 aromatic heterocycles. The zero-order chi connectivity index (χ0) is 22.3. The Labute approximate surface area is 194 Å². The third kappa shape index (κ3) is 5.73. The standard InChI is InChI=1S/C25H30N4O2S/c1-19-6-5-9-21-16-22(24(30)27-23(19)21)18-29(11-10-28-12-14-31-15-13-28)25(32)26-17-20-7-3-2-4-8-20/h2-9,16H,10-15,17-18H2,1H3,(H,26,32)(H,27,30). The number of hydrogen-bond acceptors (Lipinski definition) is 4. The molecule has 0 unspecified atom stereocenters. The van der Waals surface area contributed by atoms with Gasteiger partial charge in [-0.2, -0.15) is 0 Å². The smallest absolute Gasteiger partial charge is 0.253 e. The van der Waals surface area contributed by atoms with Crippen LogP contribution in [0.2, 0.25) is 0 Å². The lowest BCUT2D eigenvalue weighted by Crippen LogP contribution is -2.46. The summed E-state index contributed by atoms with van der Waals surface area (Å²) < 4.78 is 5.46. The van der Waals surface area contributed by atoms with E-state index in [0.717, 1.165) is 55.9 Å². The minimum atomic E-state index is -0.0611. The van der Waals surface area contributed by atoms with Gasteiger partial charge in [0.2, 0.25) is 0 Å². The summed E-state index contributed by atoms with van der Waals surface area (Å²) in [5.74, 6) is 0. The van der Waals surface area contributed by atoms with Gasteiger partial charge in [-0.25, -0.2) is 0 Å². The number of H-pyrrole nitrogens is 1. The van der Waals surface area contributed by atoms with Crippen LogP contribution in [-0.4, -0.2) is 59.3 Å². The number of aryl methyl sites for hydroxylation is 1. The van der Waals surface area contributed by atoms with Crippen molar-refractivity contribution in [3.05, 3.63) is 81.6 Å². The maximum Gasteiger partial charge on any atom is 0.253 e. The molecule has 4 rings (SSSR count). The van der Waals surface area contributed by atoms with E-state index in [1.807, 2.05) is 49.4 Å². The van der Waals surface area contributed by atoms with E-state index in [-0.39, 0.29) is 5.56 Å². The number of nitrogens with one attached hydrogen (secondary N) is 2. The summed E-state index contributed by atoms with van der Waals surface area (Å²) in [6.07, 6.45) is 0. The molecule has 32 heavy (non-hydrogen) atoms. The number of hydrogen-bond donors (Lipinski definition) is 2. The summed E-state index contributed by atoms with van der Waals surface area (Å²) in [7, 11) is 0. The number of rotatable bonds is 7. The van der Waals surface area contributed by atoms with E-state index in [2.05, 4.69) is 32.2 Å². The predicted molar refractivity (Wildman–Crippen MR) is 133 cm³/mol. The first-order chi connectivity index (χ1) is 15.6. The highest BCUT2D eigenvalue weighted by molar-refractivity contribution is 7.80. The highest BCUT2D eigenvalue weighted by atomic mass is 32.1. The fourth-order valence-electron chi connectivity index (χ4n) is 3.98. The summed E-state index contributed by atoms with van der Waals surface area (Å²) in [4.78, 5) is 20.4. The lowest BCUT2D eigenvalue weighted by atomic mass is 10.1. The molecule has 2 N–H and O–H groups in total. The first-order valence-electron chi connectivity index (χ1n) is 11.1. The molecule has 2 heterocycles. The highest BCUT2D eigenvalue weighted by Crippen LogP contribution is 2.16. The molecule has 0 atom stereocenters. The van der Waals surface area contributed by atoms with Gasteiger partial charge in [0, 0.05) is 38.3 Å². The van der Waals surface area contributed by atoms with Gasteiger partial charge in [-0.1, -0.05) is 48.5 Å². The molecule has 168 valence electrons. The van der Waals surface area contributed by atoms with Gasteiger partial charge < -0.3 is 19.9 Å². The van der Waals surface area contributed by atoms with Crippen molar-refractivity contribution in [3.63, 3.8) is 0 Å². The van der Waals surface area contributed by atoms with E-state index in [9.17, 15) is 4.79 Å². The van der Waals surface area contributed by atoms with Crippen molar-refractivity contribution < 1.29 is 4.74 Å². The van der Waals surface area contributed by atoms with E-state index < -0.39 is 0 Å². The van der Waals surface area contributed by atoms with E-state index in [0.29, 0.717) is 23.8 Å². The summed E-state index contributed by atoms with van der Waals surface area (Å²) >= 11 is 5.76. The Bertz CT molecular complexity index is 1110. The minimum Gasteiger partial charge on any atom is -0.379 e. The number of aromatic nitrogens is 1. The number of nitrogens with zero attached hydrogens (tertiary/aromatic N) is 2. The average molecular weight is 451 g/mol. The van der Waals surface area contributed by atoms with Crippen molar-refractivity contribution in [1.29, 1.82) is 0 Å². The van der Waals surface area contributed by atoms with Crippen LogP contribution in [0.1, 0.15) is 16.7 Å². The Hall–Kier alpha value is -2.74. The zero-order valence-corrected chi connectivity index (χ0v) is 19.3. The van der Waals surface area contributed by atoms with Crippen molar-refractivity contribution >= 4 is 28.2 Å². The summed E-state index contributed by atoms with van der Waals surface area (Å²) in [5, 5.41) is 5.07. The maximum atomic E-state index is 12.9. The van der Waals surface area contributed by atoms with E-state index in [1.165, 1.54) is 5.56 Å². The normalized spacial score (nSPS) is 14.4. The number of pyridine rings is 1. The van der Waals surface area contributed by atoms with Crippen LogP contribution < -0.4 is 10.9 Å². The molecule has 0 saturated carbocycles. The first kappa shape index (κ1) is 22.5. The lowest BCUT2D eigenvalue weighted by molar-refractivity contribution is 0.0357. The fraction of sp³-hybridized carbons (Fsp3) is 0.360. The number of benzene rings is 2. The highest BCUT2D eigenvalue weighted by Gasteiger charge is 2.17. The van der Waals surface area contributed by atoms with Crippen LogP contribution in [0.4, 0.5) is 0 Å². The van der Waals surface area contributed by atoms with Gasteiger partial charge in [0.15, 0.2) is 5.11 Å². The minimum absolute atomic E-state index is 0.0611. The summed E-state index contributed by atoms with van der Waals surface area (Å²) in [6.45, 7) is 8.12. The molecule has 1 saturated heterocycles. The van der Waals surface area contributed by atoms with E-state index in [1.54, 1.807) is 0 Å². The molecule has 2 aromatic carbocycles. The summed E-state index contributed by atoms with van der Waals surface area (Å²) in [5.41, 5.74) is 3.78. The van der Waals surface area contributed by atoms with Gasteiger partial charge in [-0.05, 0) is 41.7 Å². The number of morpholine rings is 1. The molecule has 1 aliphatic rings. The predicted octanol–water partition coefficient (Wildman–Crippen LogP) is 3.05. The molecule has 0 bridgehead atoms. The zero-order valence-electron chi connectivity index (χ0n) is 18.5. The fourth-order valence-corrected chi connectivity index (χ4v) is 4.20. The Morgan fingerprint density at radius 1 is 1.16 bits per heavy atom. The SMILES string of the molecule is Cc1cccc2cc(CN(CCN3CCOCC3)C(=S)NCc3ccccc3)c(=O)[nH]c12. The molecule has 3 aromatic rings. The van der Waals surface area contributed by atoms with Gasteiger partial charge in [0.25, 0.3) is 5.56 Å². The third-order valence-corrected chi connectivity index (χ3v) is 6.29. The summed E-state index contributed by atoms with van der Waals surface area (Å²) in [6, 6.07) is 18.2. The number of thiocarbonyl (C=S) groups is 1. The average Bonchev–Trinajstić information content (AvgIpc) is 2.82. The first-order valence-corrected chi connectivity index (χ1v) is 11.5. The van der Waals surface area contributed by atoms with Gasteiger partial charge in [-0.3, -0.25) is 9.69 Å². The molecular formula is C25H30N4O2S. The largest absolute Gasteiger partial charge is 0.379 e. The Balaban J connectivity index is 1.51. The second-order valence-corrected chi connectivity index (χ2v) is 8.57. The molecular weight excluding hydrogens is 420 g/mol. The second kappa shape index (κ2) is 10.7. The van der Waals surface area contributed by atoms with Crippen molar-refractivity contribution in [2.75, 3.05) is 39.4 Å². The number of fused-ring (bicyclic) bond motifs is 1. The molecule has 1 aliphatic heterocycles. The third-order valence-electron chi connectivity index (χ3n) is 5.89. The van der Waals surface area contributed by atoms with Crippen LogP contribution >= 0.6 is 12.2 Å². The quantitative estimate of drug-likeness (QED) is 0.540. The monoisotopic (exact) mass is 450 g/mol. The Morgan fingerprint density at radius 2 is 1.94 bits per heavy atom. The molecule has 0 amide bonds. The van der Waals surface area contributed by atoms with Gasteiger partial charge in [-0.15, -0.1) is 0 Å². The number of aromatic amines is 1. The maximum absolute atomic E-state index is 12.9. The van der Waals surface area contributed by atoms with Crippen molar-refractivity contribution in [1.82, 2.24) is 20.1 Å². The van der Waals surface area contributed by atoms with E-state index in [4.69, 9.17) is 17.0 Å². The number of ether oxygens (including phenoxy) is 1. The van der Waals surface area contributed by atoms with Crippen LogP contribution in [0.3, 0.4) is 0 Å². The van der Waals surface area contributed by atoms with E-state index >= 15 is 0 Å². The van der Waals surface area contributed by atoms with Crippen LogP contribution in [-0.2, 0) is 17.8 Å². The van der Waals surface area contributed by atoms with Crippen LogP contribution in [0, 0.1) is 6.92 Å². The van der Waals surface area contributed by atoms with Crippen LogP contribution in [0.5, 0.6) is 0 Å². The molecule has 1 fully saturated rings. The lowest BCUT2D eigenvalue weighted by Gasteiger charge is -2.31. The van der Waals surface area contributed by atoms with Crippen molar-refractivity contribution in [2.45, 2.75) is 20.0 Å². The molecule has 6 nitrogen and oxygen atoms in total. The van der Waals surface area contributed by atoms with Gasteiger partial charge >= 0.3 is 0 Å². The van der Waals surface area contributed by atoms with Crippen LogP contribution in [0.25, 0.3) is 10.9 Å². The Morgan fingerprint density at radius 3 is 2.72 bits per heavy atom. The second-order valence-electron chi connectivity index (χ2n) is 8.18. The molecule has 7 heteroatoms. The van der Waals surface area contributed by atoms with Crippen molar-refractivity contribution in [3.8, 4) is 0 Å². The van der Waals surface area contributed by atoms with Gasteiger partial charge in [0.05, 0.1) is 25.3 Å². The van der Waals surface area contributed by atoms with Crippen molar-refractivity contribution in [2.24, 2.45) is 0 Å². The molecule has 0 spiro atoms. The Kier molecular flexibility index (Phi) is 7.52. The number of para-hydroxylation sites is 1.